The fraction of sp³-hybridized carbons (Fsp3) is 0. The second-order valence-corrected chi connectivity index (χ2v) is 4.95. The third-order valence-corrected chi connectivity index (χ3v) is 3.50. The Morgan fingerprint density at radius 3 is 2.81 bits per heavy atom. The van der Waals surface area contributed by atoms with Gasteiger partial charge in [0.25, 0.3) is 0 Å². The molecule has 2 rings (SSSR count). The van der Waals surface area contributed by atoms with Crippen LogP contribution in [0, 0.1) is 21.4 Å². The minimum absolute atomic E-state index is 0.104. The van der Waals surface area contributed by atoms with Gasteiger partial charge >= 0.3 is 5.69 Å². The number of aromatic hydroxyl groups is 1. The number of nitrogens with zero attached hydrogens (tertiary/aromatic N) is 2. The van der Waals surface area contributed by atoms with Gasteiger partial charge in [0.2, 0.25) is 0 Å². The number of rotatable bonds is 4. The number of nitriles is 1. The van der Waals surface area contributed by atoms with Gasteiger partial charge in [0.05, 0.1) is 10.5 Å². The SMILES string of the molecule is N#Cc1csc(/C=C/C(=O)c2ccc(O)c([N+](=O)[O-])c2)c1. The van der Waals surface area contributed by atoms with Crippen molar-refractivity contribution in [2.24, 2.45) is 0 Å². The second kappa shape index (κ2) is 5.98. The number of thiophene rings is 1. The predicted octanol–water partition coefficient (Wildman–Crippen LogP) is 3.13. The molecule has 1 aromatic carbocycles. The molecule has 0 unspecified atom stereocenters. The van der Waals surface area contributed by atoms with Gasteiger partial charge in [-0.2, -0.15) is 5.26 Å². The van der Waals surface area contributed by atoms with Gasteiger partial charge in [-0.15, -0.1) is 11.3 Å². The van der Waals surface area contributed by atoms with E-state index in [1.807, 2.05) is 6.07 Å². The van der Waals surface area contributed by atoms with Crippen molar-refractivity contribution >= 4 is 28.9 Å². The zero-order valence-electron chi connectivity index (χ0n) is 10.5. The molecule has 1 N–H and O–H groups in total. The number of carbonyl (C=O) groups excluding carboxylic acids is 1. The van der Waals surface area contributed by atoms with Crippen molar-refractivity contribution in [3.05, 3.63) is 61.8 Å². The number of carbonyl (C=O) groups is 1. The number of hydrogen-bond acceptors (Lipinski definition) is 6. The maximum Gasteiger partial charge on any atom is 0.311 e. The van der Waals surface area contributed by atoms with Crippen LogP contribution in [0.15, 0.2) is 35.7 Å². The molecule has 0 atom stereocenters. The van der Waals surface area contributed by atoms with Gasteiger partial charge in [-0.3, -0.25) is 14.9 Å². The summed E-state index contributed by atoms with van der Waals surface area (Å²) in [5.74, 6) is -0.914. The molecular formula is C14H8N2O4S. The maximum absolute atomic E-state index is 11.9. The van der Waals surface area contributed by atoms with Crippen LogP contribution >= 0.6 is 11.3 Å². The van der Waals surface area contributed by atoms with Crippen molar-refractivity contribution in [1.29, 1.82) is 5.26 Å². The summed E-state index contributed by atoms with van der Waals surface area (Å²) < 4.78 is 0. The number of allylic oxidation sites excluding steroid dienone is 1. The number of nitro groups is 1. The summed E-state index contributed by atoms with van der Waals surface area (Å²) >= 11 is 1.31. The van der Waals surface area contributed by atoms with E-state index in [0.29, 0.717) is 5.56 Å². The maximum atomic E-state index is 11.9. The van der Waals surface area contributed by atoms with E-state index in [4.69, 9.17) is 5.26 Å². The minimum Gasteiger partial charge on any atom is -0.502 e. The average Bonchev–Trinajstić information content (AvgIpc) is 2.93. The van der Waals surface area contributed by atoms with E-state index in [1.165, 1.54) is 29.6 Å². The smallest absolute Gasteiger partial charge is 0.311 e. The highest BCUT2D eigenvalue weighted by Crippen LogP contribution is 2.26. The Kier molecular flexibility index (Phi) is 4.11. The highest BCUT2D eigenvalue weighted by atomic mass is 32.1. The van der Waals surface area contributed by atoms with Crippen LogP contribution in [0.4, 0.5) is 5.69 Å². The number of benzene rings is 1. The quantitative estimate of drug-likeness (QED) is 0.404. The summed E-state index contributed by atoms with van der Waals surface area (Å²) in [6, 6.07) is 7.06. The lowest BCUT2D eigenvalue weighted by molar-refractivity contribution is -0.385. The third kappa shape index (κ3) is 3.32. The van der Waals surface area contributed by atoms with Crippen molar-refractivity contribution in [1.82, 2.24) is 0 Å². The van der Waals surface area contributed by atoms with Gasteiger partial charge < -0.3 is 5.11 Å². The fourth-order valence-corrected chi connectivity index (χ4v) is 2.30. The number of ketones is 1. The van der Waals surface area contributed by atoms with E-state index in [1.54, 1.807) is 11.4 Å². The lowest BCUT2D eigenvalue weighted by atomic mass is 10.1. The molecule has 2 aromatic rings. The first kappa shape index (κ1) is 14.4. The van der Waals surface area contributed by atoms with Gasteiger partial charge in [0.1, 0.15) is 6.07 Å². The molecule has 1 aromatic heterocycles. The standard InChI is InChI=1S/C14H8N2O4S/c15-7-9-5-11(21-8-9)2-4-13(17)10-1-3-14(18)12(6-10)16(19)20/h1-6,8,18H/b4-2+. The normalized spacial score (nSPS) is 10.4. The van der Waals surface area contributed by atoms with E-state index in [0.717, 1.165) is 17.0 Å². The van der Waals surface area contributed by atoms with E-state index < -0.39 is 22.1 Å². The Hall–Kier alpha value is -2.98. The number of hydrogen-bond donors (Lipinski definition) is 1. The monoisotopic (exact) mass is 300 g/mol. The first-order valence-electron chi connectivity index (χ1n) is 5.69. The Labute approximate surface area is 123 Å². The Morgan fingerprint density at radius 1 is 1.43 bits per heavy atom. The highest BCUT2D eigenvalue weighted by molar-refractivity contribution is 7.11. The van der Waals surface area contributed by atoms with Crippen LogP contribution < -0.4 is 0 Å². The molecule has 0 bridgehead atoms. The zero-order valence-corrected chi connectivity index (χ0v) is 11.3. The summed E-state index contributed by atoms with van der Waals surface area (Å²) in [4.78, 5) is 22.6. The molecule has 0 aliphatic heterocycles. The average molecular weight is 300 g/mol. The molecule has 0 saturated carbocycles. The first-order valence-corrected chi connectivity index (χ1v) is 6.57. The topological polar surface area (TPSA) is 104 Å². The number of phenolic OH excluding ortho intramolecular Hbond substituents is 1. The van der Waals surface area contributed by atoms with Gasteiger partial charge in [-0.25, -0.2) is 0 Å². The largest absolute Gasteiger partial charge is 0.502 e. The molecule has 0 aliphatic rings. The van der Waals surface area contributed by atoms with Crippen LogP contribution in [-0.2, 0) is 0 Å². The van der Waals surface area contributed by atoms with Gasteiger partial charge in [0, 0.05) is 21.9 Å². The predicted molar refractivity (Wildman–Crippen MR) is 77.2 cm³/mol. The van der Waals surface area contributed by atoms with Gasteiger partial charge in [0.15, 0.2) is 11.5 Å². The molecule has 104 valence electrons. The molecular weight excluding hydrogens is 292 g/mol. The molecule has 0 amide bonds. The number of phenols is 1. The summed E-state index contributed by atoms with van der Waals surface area (Å²) in [5.41, 5.74) is 0.0947. The first-order chi connectivity index (χ1) is 10.0. The van der Waals surface area contributed by atoms with Crippen LogP contribution in [0.5, 0.6) is 5.75 Å². The van der Waals surface area contributed by atoms with Crippen LogP contribution in [0.2, 0.25) is 0 Å². The van der Waals surface area contributed by atoms with Gasteiger partial charge in [-0.1, -0.05) is 0 Å². The second-order valence-electron chi connectivity index (χ2n) is 4.01. The van der Waals surface area contributed by atoms with E-state index in [9.17, 15) is 20.0 Å². The molecule has 6 nitrogen and oxygen atoms in total. The Bertz CT molecular complexity index is 787. The van der Waals surface area contributed by atoms with E-state index in [-0.39, 0.29) is 5.56 Å². The van der Waals surface area contributed by atoms with Crippen LogP contribution in [0.1, 0.15) is 20.8 Å². The third-order valence-electron chi connectivity index (χ3n) is 2.60. The molecule has 0 saturated heterocycles. The fourth-order valence-electron chi connectivity index (χ4n) is 1.58. The Balaban J connectivity index is 2.22. The molecule has 0 fully saturated rings. The summed E-state index contributed by atoms with van der Waals surface area (Å²) in [7, 11) is 0. The van der Waals surface area contributed by atoms with Crippen molar-refractivity contribution < 1.29 is 14.8 Å². The lowest BCUT2D eigenvalue weighted by Crippen LogP contribution is -1.96. The molecule has 0 spiro atoms. The summed E-state index contributed by atoms with van der Waals surface area (Å²) in [6.45, 7) is 0. The number of nitro benzene ring substituents is 1. The van der Waals surface area contributed by atoms with Crippen LogP contribution in [0.3, 0.4) is 0 Å². The molecule has 0 radical (unpaired) electrons. The van der Waals surface area contributed by atoms with Crippen LogP contribution in [0.25, 0.3) is 6.08 Å². The molecule has 7 heteroatoms. The van der Waals surface area contributed by atoms with Crippen LogP contribution in [-0.4, -0.2) is 15.8 Å². The highest BCUT2D eigenvalue weighted by Gasteiger charge is 2.15. The Morgan fingerprint density at radius 2 is 2.19 bits per heavy atom. The van der Waals surface area contributed by atoms with E-state index in [2.05, 4.69) is 0 Å². The molecule has 1 heterocycles. The summed E-state index contributed by atoms with van der Waals surface area (Å²) in [5, 5.41) is 30.4. The minimum atomic E-state index is -0.756. The van der Waals surface area contributed by atoms with Crippen molar-refractivity contribution in [3.8, 4) is 11.8 Å². The lowest BCUT2D eigenvalue weighted by Gasteiger charge is -1.98. The van der Waals surface area contributed by atoms with Gasteiger partial charge in [-0.05, 0) is 30.4 Å². The molecule has 21 heavy (non-hydrogen) atoms. The molecule has 0 aliphatic carbocycles. The zero-order chi connectivity index (χ0) is 15.4. The van der Waals surface area contributed by atoms with E-state index >= 15 is 0 Å². The van der Waals surface area contributed by atoms with Crippen molar-refractivity contribution in [3.63, 3.8) is 0 Å². The van der Waals surface area contributed by atoms with Crippen molar-refractivity contribution in [2.75, 3.05) is 0 Å². The summed E-state index contributed by atoms with van der Waals surface area (Å²) in [6.07, 6.45) is 2.80. The van der Waals surface area contributed by atoms with Crippen molar-refractivity contribution in [2.45, 2.75) is 0 Å².